The number of hydrogen-bond acceptors (Lipinski definition) is 0. The van der Waals surface area contributed by atoms with Crippen LogP contribution in [0.25, 0.3) is 0 Å². The standard InChI is InChI=1S/C10H18/c1-3-5-7-9-10-8-6-4-2/h3,5,9-10H,4,6-8H2,1-2H3/b5-3+,10-9?. The van der Waals surface area contributed by atoms with Gasteiger partial charge in [0.05, 0.1) is 0 Å². The largest absolute Gasteiger partial charge is 0.0914 e. The monoisotopic (exact) mass is 138 g/mol. The highest BCUT2D eigenvalue weighted by Crippen LogP contribution is 1.96. The van der Waals surface area contributed by atoms with Crippen molar-refractivity contribution in [3.63, 3.8) is 0 Å². The van der Waals surface area contributed by atoms with E-state index in [1.54, 1.807) is 0 Å². The molecule has 0 aromatic carbocycles. The summed E-state index contributed by atoms with van der Waals surface area (Å²) < 4.78 is 0. The maximum atomic E-state index is 2.27. The zero-order chi connectivity index (χ0) is 7.66. The lowest BCUT2D eigenvalue weighted by Crippen LogP contribution is -1.66. The van der Waals surface area contributed by atoms with Crippen LogP contribution < -0.4 is 0 Å². The molecular formula is C10H18. The lowest BCUT2D eigenvalue weighted by molar-refractivity contribution is 0.813. The smallest absolute Gasteiger partial charge is 0.0169 e. The Morgan fingerprint density at radius 3 is 2.50 bits per heavy atom. The number of hydrogen-bond donors (Lipinski definition) is 0. The molecule has 0 rings (SSSR count). The minimum Gasteiger partial charge on any atom is -0.0914 e. The van der Waals surface area contributed by atoms with E-state index in [9.17, 15) is 0 Å². The van der Waals surface area contributed by atoms with E-state index < -0.39 is 0 Å². The number of rotatable bonds is 5. The van der Waals surface area contributed by atoms with Crippen molar-refractivity contribution < 1.29 is 0 Å². The zero-order valence-corrected chi connectivity index (χ0v) is 7.14. The van der Waals surface area contributed by atoms with Crippen molar-refractivity contribution in [3.8, 4) is 0 Å². The second kappa shape index (κ2) is 8.48. The van der Waals surface area contributed by atoms with Crippen molar-refractivity contribution in [2.45, 2.75) is 39.5 Å². The Morgan fingerprint density at radius 2 is 1.90 bits per heavy atom. The predicted molar refractivity (Wildman–Crippen MR) is 48.1 cm³/mol. The first-order chi connectivity index (χ1) is 4.91. The van der Waals surface area contributed by atoms with Gasteiger partial charge in [0.1, 0.15) is 0 Å². The van der Waals surface area contributed by atoms with Crippen molar-refractivity contribution in [2.75, 3.05) is 0 Å². The fraction of sp³-hybridized carbons (Fsp3) is 0.600. The van der Waals surface area contributed by atoms with Gasteiger partial charge in [0, 0.05) is 0 Å². The molecule has 0 aliphatic heterocycles. The van der Waals surface area contributed by atoms with Gasteiger partial charge in [-0.2, -0.15) is 0 Å². The van der Waals surface area contributed by atoms with Gasteiger partial charge in [-0.15, -0.1) is 0 Å². The topological polar surface area (TPSA) is 0 Å². The average molecular weight is 138 g/mol. The highest BCUT2D eigenvalue weighted by molar-refractivity contribution is 4.90. The van der Waals surface area contributed by atoms with Crippen LogP contribution in [0, 0.1) is 0 Å². The Kier molecular flexibility index (Phi) is 8.04. The highest BCUT2D eigenvalue weighted by Gasteiger charge is 1.75. The van der Waals surface area contributed by atoms with Gasteiger partial charge < -0.3 is 0 Å². The second-order valence-electron chi connectivity index (χ2n) is 2.42. The van der Waals surface area contributed by atoms with Crippen LogP contribution in [-0.2, 0) is 0 Å². The van der Waals surface area contributed by atoms with Crippen molar-refractivity contribution in [3.05, 3.63) is 24.3 Å². The summed E-state index contributed by atoms with van der Waals surface area (Å²) in [5.74, 6) is 0. The summed E-state index contributed by atoms with van der Waals surface area (Å²) in [6.07, 6.45) is 13.7. The fourth-order valence-electron chi connectivity index (χ4n) is 0.751. The van der Waals surface area contributed by atoms with Gasteiger partial charge in [0.15, 0.2) is 0 Å². The lowest BCUT2D eigenvalue weighted by atomic mass is 10.2. The van der Waals surface area contributed by atoms with Crippen LogP contribution in [0.1, 0.15) is 39.5 Å². The van der Waals surface area contributed by atoms with Gasteiger partial charge in [-0.1, -0.05) is 44.1 Å². The molecule has 58 valence electrons. The van der Waals surface area contributed by atoms with E-state index in [0.29, 0.717) is 0 Å². The van der Waals surface area contributed by atoms with Gasteiger partial charge in [-0.25, -0.2) is 0 Å². The maximum absolute atomic E-state index is 2.27. The van der Waals surface area contributed by atoms with Gasteiger partial charge in [-0.05, 0) is 19.8 Å². The van der Waals surface area contributed by atoms with Crippen molar-refractivity contribution in [1.29, 1.82) is 0 Å². The molecule has 0 aromatic rings. The molecule has 0 fully saturated rings. The van der Waals surface area contributed by atoms with Crippen LogP contribution in [0.4, 0.5) is 0 Å². The summed E-state index contributed by atoms with van der Waals surface area (Å²) >= 11 is 0. The summed E-state index contributed by atoms with van der Waals surface area (Å²) in [6, 6.07) is 0. The first-order valence-corrected chi connectivity index (χ1v) is 4.18. The van der Waals surface area contributed by atoms with E-state index in [4.69, 9.17) is 0 Å². The minimum absolute atomic E-state index is 1.10. The van der Waals surface area contributed by atoms with Crippen LogP contribution in [0.2, 0.25) is 0 Å². The third-order valence-electron chi connectivity index (χ3n) is 1.40. The number of unbranched alkanes of at least 4 members (excludes halogenated alkanes) is 2. The van der Waals surface area contributed by atoms with E-state index in [1.807, 2.05) is 0 Å². The average Bonchev–Trinajstić information content (AvgIpc) is 1.97. The van der Waals surface area contributed by atoms with Crippen LogP contribution in [0.3, 0.4) is 0 Å². The summed E-state index contributed by atoms with van der Waals surface area (Å²) in [5.41, 5.74) is 0. The fourth-order valence-corrected chi connectivity index (χ4v) is 0.751. The molecular weight excluding hydrogens is 120 g/mol. The molecule has 0 spiro atoms. The summed E-state index contributed by atoms with van der Waals surface area (Å²) in [5, 5.41) is 0. The molecule has 0 saturated carbocycles. The Bertz CT molecular complexity index is 98.6. The molecule has 0 N–H and O–H groups in total. The van der Waals surface area contributed by atoms with Crippen LogP contribution in [-0.4, -0.2) is 0 Å². The third-order valence-corrected chi connectivity index (χ3v) is 1.40. The Labute approximate surface area is 64.6 Å². The molecule has 0 aromatic heterocycles. The van der Waals surface area contributed by atoms with Crippen molar-refractivity contribution >= 4 is 0 Å². The summed E-state index contributed by atoms with van der Waals surface area (Å²) in [7, 11) is 0. The molecule has 0 atom stereocenters. The lowest BCUT2D eigenvalue weighted by Gasteiger charge is -1.86. The van der Waals surface area contributed by atoms with E-state index in [1.165, 1.54) is 19.3 Å². The Balaban J connectivity index is 3.04. The molecule has 0 amide bonds. The number of allylic oxidation sites excluding steroid dienone is 4. The van der Waals surface area contributed by atoms with Crippen molar-refractivity contribution in [1.82, 2.24) is 0 Å². The predicted octanol–water partition coefficient (Wildman–Crippen LogP) is 3.70. The van der Waals surface area contributed by atoms with E-state index in [-0.39, 0.29) is 0 Å². The maximum Gasteiger partial charge on any atom is -0.0169 e. The first-order valence-electron chi connectivity index (χ1n) is 4.18. The normalized spacial score (nSPS) is 11.8. The van der Waals surface area contributed by atoms with E-state index >= 15 is 0 Å². The molecule has 0 radical (unpaired) electrons. The quantitative estimate of drug-likeness (QED) is 0.401. The second-order valence-corrected chi connectivity index (χ2v) is 2.42. The Hall–Kier alpha value is -0.520. The minimum atomic E-state index is 1.10. The molecule has 0 bridgehead atoms. The van der Waals surface area contributed by atoms with E-state index in [2.05, 4.69) is 38.2 Å². The highest BCUT2D eigenvalue weighted by atomic mass is 13.8. The molecule has 0 heteroatoms. The first kappa shape index (κ1) is 9.48. The molecule has 0 nitrogen and oxygen atoms in total. The SMILES string of the molecule is C/C=C/CC=CCCCC. The molecule has 0 saturated heterocycles. The molecule has 0 aliphatic rings. The molecule has 10 heavy (non-hydrogen) atoms. The molecule has 0 aliphatic carbocycles. The van der Waals surface area contributed by atoms with Gasteiger partial charge in [-0.3, -0.25) is 0 Å². The summed E-state index contributed by atoms with van der Waals surface area (Å²) in [4.78, 5) is 0. The zero-order valence-electron chi connectivity index (χ0n) is 7.14. The third kappa shape index (κ3) is 7.48. The van der Waals surface area contributed by atoms with E-state index in [0.717, 1.165) is 6.42 Å². The summed E-state index contributed by atoms with van der Waals surface area (Å²) in [6.45, 7) is 4.28. The van der Waals surface area contributed by atoms with Crippen LogP contribution in [0.15, 0.2) is 24.3 Å². The molecule has 0 heterocycles. The van der Waals surface area contributed by atoms with Crippen LogP contribution in [0.5, 0.6) is 0 Å². The van der Waals surface area contributed by atoms with Crippen molar-refractivity contribution in [2.24, 2.45) is 0 Å². The van der Waals surface area contributed by atoms with Gasteiger partial charge >= 0.3 is 0 Å². The van der Waals surface area contributed by atoms with Crippen LogP contribution >= 0.6 is 0 Å². The Morgan fingerprint density at radius 1 is 1.10 bits per heavy atom. The van der Waals surface area contributed by atoms with Gasteiger partial charge in [0.25, 0.3) is 0 Å². The van der Waals surface area contributed by atoms with Gasteiger partial charge in [0.2, 0.25) is 0 Å². The molecule has 0 unspecified atom stereocenters.